The van der Waals surface area contributed by atoms with Gasteiger partial charge in [-0.15, -0.1) is 6.58 Å². The molecule has 16 nitrogen and oxygen atoms in total. The van der Waals surface area contributed by atoms with Crippen molar-refractivity contribution in [3.8, 4) is 11.6 Å². The molecule has 2 aromatic rings. The summed E-state index contributed by atoms with van der Waals surface area (Å²) in [6.07, 6.45) is 14.0. The van der Waals surface area contributed by atoms with Gasteiger partial charge in [-0.25, -0.2) is 18.2 Å². The molecule has 2 saturated heterocycles. The molecule has 17 heteroatoms. The van der Waals surface area contributed by atoms with Crippen LogP contribution in [0.3, 0.4) is 0 Å². The number of para-hydroxylation sites is 1. The van der Waals surface area contributed by atoms with Gasteiger partial charge in [0.05, 0.1) is 42.7 Å². The summed E-state index contributed by atoms with van der Waals surface area (Å²) >= 11 is 0. The summed E-state index contributed by atoms with van der Waals surface area (Å²) in [6.45, 7) is 8.40. The minimum Gasteiger partial charge on any atom is -0.492 e. The SMILES string of the molecule is C=CC1C[C@]1(NC(=O)[C@@H]1C[C@@H]2CN1C(=O)[C@H](C1CCCC1)NC(=O)O[C@@H]1CCC[C@H]1CC/C=C/Cc1c(nc3ccccc3c1OCCCN1CCOCC1)O2)C(=O)NS(=O)(=O)C1CC1. The third kappa shape index (κ3) is 10.2. The fourth-order valence-corrected chi connectivity index (χ4v) is 12.1. The minimum atomic E-state index is -3.92. The van der Waals surface area contributed by atoms with E-state index >= 15 is 4.79 Å². The second-order valence-corrected chi connectivity index (χ2v) is 21.1. The van der Waals surface area contributed by atoms with E-state index in [-0.39, 0.29) is 37.3 Å². The molecular formula is C48H64N6O10S. The molecule has 6 fully saturated rings. The maximum Gasteiger partial charge on any atom is 0.408 e. The lowest BCUT2D eigenvalue weighted by Gasteiger charge is -2.32. The number of fused-ring (bicyclic) bond motifs is 5. The van der Waals surface area contributed by atoms with Crippen molar-refractivity contribution < 1.29 is 46.5 Å². The van der Waals surface area contributed by atoms with Crippen molar-refractivity contribution in [3.05, 3.63) is 54.6 Å². The highest BCUT2D eigenvalue weighted by Crippen LogP contribution is 2.46. The second kappa shape index (κ2) is 19.6. The van der Waals surface area contributed by atoms with E-state index in [1.807, 2.05) is 24.3 Å². The summed E-state index contributed by atoms with van der Waals surface area (Å²) < 4.78 is 53.3. The number of rotatable bonds is 12. The van der Waals surface area contributed by atoms with Crippen LogP contribution >= 0.6 is 0 Å². The molecule has 9 rings (SSSR count). The molecule has 4 aliphatic carbocycles. The van der Waals surface area contributed by atoms with Crippen molar-refractivity contribution in [1.29, 1.82) is 0 Å². The van der Waals surface area contributed by atoms with E-state index in [1.165, 1.54) is 11.0 Å². The smallest absolute Gasteiger partial charge is 0.408 e. The molecule has 7 aliphatic rings. The summed E-state index contributed by atoms with van der Waals surface area (Å²) in [5.74, 6) is -1.38. The van der Waals surface area contributed by atoms with Crippen LogP contribution in [-0.4, -0.2) is 128 Å². The Kier molecular flexibility index (Phi) is 13.7. The fraction of sp³-hybridized carbons (Fsp3) is 0.646. The van der Waals surface area contributed by atoms with Gasteiger partial charge in [0.15, 0.2) is 0 Å². The highest BCUT2D eigenvalue weighted by Gasteiger charge is 2.62. The summed E-state index contributed by atoms with van der Waals surface area (Å²) in [4.78, 5) is 66.3. The molecule has 4 amide bonds. The monoisotopic (exact) mass is 916 g/mol. The van der Waals surface area contributed by atoms with E-state index in [0.717, 1.165) is 108 Å². The molecule has 3 N–H and O–H groups in total. The van der Waals surface area contributed by atoms with Gasteiger partial charge in [-0.2, -0.15) is 0 Å². The van der Waals surface area contributed by atoms with E-state index in [0.29, 0.717) is 43.0 Å². The van der Waals surface area contributed by atoms with E-state index in [1.54, 1.807) is 0 Å². The highest BCUT2D eigenvalue weighted by atomic mass is 32.2. The lowest BCUT2D eigenvalue weighted by atomic mass is 9.96. The zero-order valence-electron chi connectivity index (χ0n) is 37.3. The lowest BCUT2D eigenvalue weighted by Crippen LogP contribution is -2.59. The van der Waals surface area contributed by atoms with Crippen molar-refractivity contribution in [2.45, 2.75) is 131 Å². The number of nitrogens with zero attached hydrogens (tertiary/aromatic N) is 3. The Morgan fingerprint density at radius 2 is 1.77 bits per heavy atom. The second-order valence-electron chi connectivity index (χ2n) is 19.1. The number of amides is 4. The van der Waals surface area contributed by atoms with Crippen LogP contribution in [0.15, 0.2) is 49.1 Å². The summed E-state index contributed by atoms with van der Waals surface area (Å²) in [6, 6.07) is 5.69. The van der Waals surface area contributed by atoms with Crippen molar-refractivity contribution in [2.24, 2.45) is 17.8 Å². The van der Waals surface area contributed by atoms with Gasteiger partial charge in [-0.1, -0.05) is 43.2 Å². The van der Waals surface area contributed by atoms with Crippen LogP contribution in [0, 0.1) is 17.8 Å². The Morgan fingerprint density at radius 3 is 2.54 bits per heavy atom. The third-order valence-electron chi connectivity index (χ3n) is 14.7. The molecule has 65 heavy (non-hydrogen) atoms. The van der Waals surface area contributed by atoms with Gasteiger partial charge in [0, 0.05) is 37.4 Å². The lowest BCUT2D eigenvalue weighted by molar-refractivity contribution is -0.142. The van der Waals surface area contributed by atoms with Crippen LogP contribution in [0.25, 0.3) is 10.9 Å². The van der Waals surface area contributed by atoms with Crippen LogP contribution in [-0.2, 0) is 40.3 Å². The largest absolute Gasteiger partial charge is 0.492 e. The molecule has 0 spiro atoms. The fourth-order valence-electron chi connectivity index (χ4n) is 10.7. The average molecular weight is 917 g/mol. The van der Waals surface area contributed by atoms with E-state index in [9.17, 15) is 22.8 Å². The predicted octanol–water partition coefficient (Wildman–Crippen LogP) is 4.70. The molecule has 2 bridgehead atoms. The maximum absolute atomic E-state index is 15.1. The number of nitrogens with one attached hydrogen (secondary N) is 3. The zero-order chi connectivity index (χ0) is 45.1. The molecular weight excluding hydrogens is 853 g/mol. The molecule has 1 aromatic carbocycles. The normalized spacial score (nSPS) is 30.7. The quantitative estimate of drug-likeness (QED) is 0.197. The van der Waals surface area contributed by atoms with E-state index < -0.39 is 68.7 Å². The molecule has 7 atom stereocenters. The predicted molar refractivity (Wildman–Crippen MR) is 241 cm³/mol. The Bertz CT molecular complexity index is 2260. The Balaban J connectivity index is 1.05. The number of aromatic nitrogens is 1. The van der Waals surface area contributed by atoms with Crippen LogP contribution in [0.1, 0.15) is 95.5 Å². The number of sulfonamides is 1. The average Bonchev–Trinajstić information content (AvgIpc) is 4.09. The highest BCUT2D eigenvalue weighted by molar-refractivity contribution is 7.91. The Labute approximate surface area is 381 Å². The van der Waals surface area contributed by atoms with Gasteiger partial charge in [0.1, 0.15) is 35.6 Å². The first-order valence-corrected chi connectivity index (χ1v) is 25.5. The van der Waals surface area contributed by atoms with Gasteiger partial charge < -0.3 is 34.5 Å². The number of carbonyl (C=O) groups is 4. The number of benzene rings is 1. The Morgan fingerprint density at radius 1 is 0.985 bits per heavy atom. The number of pyridine rings is 1. The first-order valence-electron chi connectivity index (χ1n) is 24.0. The summed E-state index contributed by atoms with van der Waals surface area (Å²) in [5.41, 5.74) is -0.121. The van der Waals surface area contributed by atoms with Crippen molar-refractivity contribution in [1.82, 2.24) is 30.1 Å². The van der Waals surface area contributed by atoms with Crippen molar-refractivity contribution >= 4 is 44.7 Å². The van der Waals surface area contributed by atoms with Gasteiger partial charge in [0.25, 0.3) is 5.91 Å². The molecule has 3 aliphatic heterocycles. The third-order valence-corrected chi connectivity index (χ3v) is 16.5. The van der Waals surface area contributed by atoms with E-state index in [4.69, 9.17) is 23.9 Å². The number of carbonyl (C=O) groups excluding carboxylic acids is 4. The van der Waals surface area contributed by atoms with Crippen molar-refractivity contribution in [2.75, 3.05) is 46.0 Å². The van der Waals surface area contributed by atoms with Gasteiger partial charge in [0.2, 0.25) is 27.7 Å². The van der Waals surface area contributed by atoms with Crippen LogP contribution in [0.2, 0.25) is 0 Å². The first-order chi connectivity index (χ1) is 31.5. The molecule has 0 radical (unpaired) electrons. The van der Waals surface area contributed by atoms with Crippen LogP contribution in [0.5, 0.6) is 11.6 Å². The number of alkyl carbamates (subject to hydrolysis) is 1. The molecule has 1 unspecified atom stereocenters. The summed E-state index contributed by atoms with van der Waals surface area (Å²) in [7, 11) is -3.92. The molecule has 4 saturated carbocycles. The standard InChI is InChI=1S/C48H64N6O10S/c1-2-33-29-48(33,46(57)52-65(59,60)35-20-21-35)51-43(55)39-28-34-30-54(39)45(56)41(32-13-6-7-14-32)50-47(58)64-40-19-10-15-31(40)12-4-3-5-17-37-42(62-25-11-22-53-23-26-61-27-24-53)36-16-8-9-18-38(36)49-44(37)63-34/h2-3,5,8-9,16,18,31-35,39-41H,1,4,6-7,10-15,17,19-30H2,(H,50,58)(H,51,55)(H,52,57)/b5-3+/t31-,33?,34-,39+,40-,41+,48-/m1/s1. The van der Waals surface area contributed by atoms with Gasteiger partial charge in [-0.05, 0) is 101 Å². The van der Waals surface area contributed by atoms with E-state index in [2.05, 4.69) is 39.0 Å². The van der Waals surface area contributed by atoms with Crippen molar-refractivity contribution in [3.63, 3.8) is 0 Å². The van der Waals surface area contributed by atoms with Gasteiger partial charge in [-0.3, -0.25) is 24.0 Å². The van der Waals surface area contributed by atoms with Crippen LogP contribution in [0.4, 0.5) is 4.79 Å². The van der Waals surface area contributed by atoms with Crippen LogP contribution < -0.4 is 24.8 Å². The number of hydrogen-bond donors (Lipinski definition) is 3. The number of allylic oxidation sites excluding steroid dienone is 2. The molecule has 1 aromatic heterocycles. The Hall–Kier alpha value is -4.74. The van der Waals surface area contributed by atoms with Gasteiger partial charge >= 0.3 is 6.09 Å². The number of hydrogen-bond acceptors (Lipinski definition) is 12. The first kappa shape index (κ1) is 45.4. The maximum atomic E-state index is 15.1. The number of ether oxygens (including phenoxy) is 4. The topological polar surface area (TPSA) is 195 Å². The summed E-state index contributed by atoms with van der Waals surface area (Å²) in [5, 5.41) is 6.08. The number of morpholine rings is 1. The minimum absolute atomic E-state index is 0.0127. The molecule has 352 valence electrons. The zero-order valence-corrected chi connectivity index (χ0v) is 38.1. The molecule has 4 heterocycles.